The lowest BCUT2D eigenvalue weighted by Gasteiger charge is -2.39. The minimum absolute atomic E-state index is 0.0819. The highest BCUT2D eigenvalue weighted by Gasteiger charge is 2.35. The summed E-state index contributed by atoms with van der Waals surface area (Å²) in [7, 11) is 0. The minimum atomic E-state index is -1.18. The van der Waals surface area contributed by atoms with Crippen molar-refractivity contribution in [2.75, 3.05) is 72.2 Å². The Morgan fingerprint density at radius 1 is 0.889 bits per heavy atom. The normalized spacial score (nSPS) is 22.3. The molecule has 0 saturated carbocycles. The Labute approximate surface area is 265 Å². The molecule has 3 aliphatic heterocycles. The molecular formula is C32H48N6O7. The number of carbonyl (C=O) groups is 5. The monoisotopic (exact) mass is 628 g/mol. The Bertz CT molecular complexity index is 1200. The van der Waals surface area contributed by atoms with E-state index >= 15 is 0 Å². The van der Waals surface area contributed by atoms with Crippen LogP contribution in [0.25, 0.3) is 0 Å². The fourth-order valence-electron chi connectivity index (χ4n) is 5.81. The number of urea groups is 1. The van der Waals surface area contributed by atoms with E-state index in [1.165, 1.54) is 0 Å². The summed E-state index contributed by atoms with van der Waals surface area (Å²) in [5, 5.41) is 5.65. The van der Waals surface area contributed by atoms with Crippen molar-refractivity contribution in [3.63, 3.8) is 0 Å². The van der Waals surface area contributed by atoms with Crippen molar-refractivity contribution < 1.29 is 33.4 Å². The number of morpholine rings is 1. The number of benzene rings is 1. The number of rotatable bonds is 6. The van der Waals surface area contributed by atoms with Gasteiger partial charge in [0.25, 0.3) is 5.91 Å². The van der Waals surface area contributed by atoms with Crippen LogP contribution in [-0.2, 0) is 19.1 Å². The summed E-state index contributed by atoms with van der Waals surface area (Å²) >= 11 is 0. The lowest BCUT2D eigenvalue weighted by Crippen LogP contribution is -2.59. The number of fused-ring (bicyclic) bond motifs is 1. The Hall–Kier alpha value is -3.87. The highest BCUT2D eigenvalue weighted by atomic mass is 16.5. The largest absolute Gasteiger partial charge is 0.491 e. The zero-order valence-corrected chi connectivity index (χ0v) is 26.8. The van der Waals surface area contributed by atoms with Crippen LogP contribution >= 0.6 is 0 Å². The van der Waals surface area contributed by atoms with E-state index in [0.717, 1.165) is 12.8 Å². The number of unbranched alkanes of at least 4 members (excludes halogenated alkanes) is 1. The van der Waals surface area contributed by atoms with Gasteiger partial charge in [-0.3, -0.25) is 19.2 Å². The summed E-state index contributed by atoms with van der Waals surface area (Å²) < 4.78 is 11.4. The molecule has 45 heavy (non-hydrogen) atoms. The van der Waals surface area contributed by atoms with Crippen LogP contribution in [0.15, 0.2) is 24.3 Å². The number of nitrogens with one attached hydrogen (secondary N) is 2. The smallest absolute Gasteiger partial charge is 0.320 e. The highest BCUT2D eigenvalue weighted by molar-refractivity contribution is 6.01. The number of ether oxygens (including phenoxy) is 2. The van der Waals surface area contributed by atoms with Crippen LogP contribution in [0, 0.1) is 5.92 Å². The molecule has 1 aromatic rings. The Kier molecular flexibility index (Phi) is 12.4. The van der Waals surface area contributed by atoms with Crippen LogP contribution < -0.4 is 15.4 Å². The van der Waals surface area contributed by atoms with Gasteiger partial charge in [0.15, 0.2) is 0 Å². The molecule has 2 saturated heterocycles. The molecule has 2 atom stereocenters. The van der Waals surface area contributed by atoms with E-state index in [4.69, 9.17) is 9.47 Å². The van der Waals surface area contributed by atoms with Crippen LogP contribution in [0.2, 0.25) is 0 Å². The van der Waals surface area contributed by atoms with Gasteiger partial charge in [-0.2, -0.15) is 0 Å². The number of para-hydroxylation sites is 1. The van der Waals surface area contributed by atoms with Gasteiger partial charge in [-0.1, -0.05) is 39.3 Å². The number of carbonyl (C=O) groups excluding carboxylic acids is 5. The van der Waals surface area contributed by atoms with Crippen molar-refractivity contribution >= 4 is 29.7 Å². The van der Waals surface area contributed by atoms with Gasteiger partial charge >= 0.3 is 6.03 Å². The molecule has 3 aliphatic rings. The standard InChI is InChI=1S/C32H48N6O7/c1-4-5-10-35-17-20-45-27-9-7-6-8-24(27)29(40)34-26(22-28(39)33-25(30(35)41)21-23(2)3)31(42)36-11-13-37(14-12-36)32(43)38-15-18-44-19-16-38/h6-9,23,25-26H,4-5,10-22H2,1-3H3,(H,33,39)(H,34,40)/t25-,26-/m0/s1. The third-order valence-electron chi connectivity index (χ3n) is 8.32. The first kappa shape index (κ1) is 34.0. The predicted molar refractivity (Wildman–Crippen MR) is 167 cm³/mol. The summed E-state index contributed by atoms with van der Waals surface area (Å²) in [5.74, 6) is -1.17. The zero-order chi connectivity index (χ0) is 32.3. The second-order valence-electron chi connectivity index (χ2n) is 12.2. The third-order valence-corrected chi connectivity index (χ3v) is 8.32. The third kappa shape index (κ3) is 9.32. The maximum absolute atomic E-state index is 13.9. The number of hydrogen-bond acceptors (Lipinski definition) is 7. The molecule has 3 heterocycles. The van der Waals surface area contributed by atoms with Crippen molar-refractivity contribution in [1.29, 1.82) is 0 Å². The van der Waals surface area contributed by atoms with Gasteiger partial charge in [0.1, 0.15) is 24.4 Å². The summed E-state index contributed by atoms with van der Waals surface area (Å²) in [6.07, 6.45) is 1.79. The number of nitrogens with zero attached hydrogens (tertiary/aromatic N) is 4. The summed E-state index contributed by atoms with van der Waals surface area (Å²) in [6.45, 7) is 10.3. The van der Waals surface area contributed by atoms with E-state index in [0.29, 0.717) is 64.7 Å². The van der Waals surface area contributed by atoms with Gasteiger partial charge in [0, 0.05) is 45.8 Å². The molecule has 6 amide bonds. The maximum Gasteiger partial charge on any atom is 0.320 e. The summed E-state index contributed by atoms with van der Waals surface area (Å²) in [4.78, 5) is 74.3. The first-order valence-electron chi connectivity index (χ1n) is 16.2. The van der Waals surface area contributed by atoms with E-state index < -0.39 is 29.8 Å². The van der Waals surface area contributed by atoms with Crippen molar-refractivity contribution in [2.24, 2.45) is 5.92 Å². The fraction of sp³-hybridized carbons (Fsp3) is 0.656. The molecule has 13 heteroatoms. The molecule has 0 aliphatic carbocycles. The first-order chi connectivity index (χ1) is 21.7. The summed E-state index contributed by atoms with van der Waals surface area (Å²) in [6, 6.07) is 4.70. The molecule has 0 unspecified atom stereocenters. The summed E-state index contributed by atoms with van der Waals surface area (Å²) in [5.41, 5.74) is 0.234. The Morgan fingerprint density at radius 3 is 2.24 bits per heavy atom. The Balaban J connectivity index is 1.54. The number of amides is 6. The quantitative estimate of drug-likeness (QED) is 0.484. The topological polar surface area (TPSA) is 141 Å². The molecule has 0 aromatic heterocycles. The molecule has 0 bridgehead atoms. The first-order valence-corrected chi connectivity index (χ1v) is 16.2. The van der Waals surface area contributed by atoms with Gasteiger partial charge in [0.2, 0.25) is 17.7 Å². The molecular weight excluding hydrogens is 580 g/mol. The van der Waals surface area contributed by atoms with Crippen molar-refractivity contribution in [3.05, 3.63) is 29.8 Å². The molecule has 0 radical (unpaired) electrons. The van der Waals surface area contributed by atoms with Crippen LogP contribution in [0.3, 0.4) is 0 Å². The highest BCUT2D eigenvalue weighted by Crippen LogP contribution is 2.20. The minimum Gasteiger partial charge on any atom is -0.491 e. The van der Waals surface area contributed by atoms with Crippen LogP contribution in [0.1, 0.15) is 56.8 Å². The SMILES string of the molecule is CCCCN1CCOc2ccccc2C(=O)N[C@H](C(=O)N2CCN(C(=O)N3CCOCC3)CC2)CC(=O)N[C@@H](CC(C)C)C1=O. The van der Waals surface area contributed by atoms with E-state index in [-0.39, 0.29) is 49.5 Å². The van der Waals surface area contributed by atoms with Crippen LogP contribution in [-0.4, -0.2) is 134 Å². The van der Waals surface area contributed by atoms with E-state index in [9.17, 15) is 24.0 Å². The van der Waals surface area contributed by atoms with E-state index in [2.05, 4.69) is 10.6 Å². The fourth-order valence-corrected chi connectivity index (χ4v) is 5.81. The Morgan fingerprint density at radius 2 is 1.56 bits per heavy atom. The molecule has 2 fully saturated rings. The van der Waals surface area contributed by atoms with Crippen LogP contribution in [0.4, 0.5) is 4.79 Å². The van der Waals surface area contributed by atoms with Gasteiger partial charge < -0.3 is 39.7 Å². The lowest BCUT2D eigenvalue weighted by atomic mass is 10.0. The zero-order valence-electron chi connectivity index (χ0n) is 26.8. The van der Waals surface area contributed by atoms with Crippen molar-refractivity contribution in [3.8, 4) is 5.75 Å². The van der Waals surface area contributed by atoms with E-state index in [1.54, 1.807) is 43.9 Å². The molecule has 248 valence electrons. The second kappa shape index (κ2) is 16.4. The second-order valence-corrected chi connectivity index (χ2v) is 12.2. The van der Waals surface area contributed by atoms with Gasteiger partial charge in [0.05, 0.1) is 31.7 Å². The molecule has 2 N–H and O–H groups in total. The average molecular weight is 629 g/mol. The predicted octanol–water partition coefficient (Wildman–Crippen LogP) is 1.32. The molecule has 13 nitrogen and oxygen atoms in total. The van der Waals surface area contributed by atoms with Crippen molar-refractivity contribution in [1.82, 2.24) is 30.2 Å². The van der Waals surface area contributed by atoms with E-state index in [1.807, 2.05) is 20.8 Å². The van der Waals surface area contributed by atoms with Crippen molar-refractivity contribution in [2.45, 2.75) is 58.5 Å². The number of piperazine rings is 1. The lowest BCUT2D eigenvalue weighted by molar-refractivity contribution is -0.139. The van der Waals surface area contributed by atoms with Gasteiger partial charge in [-0.05, 0) is 30.9 Å². The maximum atomic E-state index is 13.9. The van der Waals surface area contributed by atoms with Gasteiger partial charge in [-0.25, -0.2) is 4.79 Å². The average Bonchev–Trinajstić information content (AvgIpc) is 3.04. The molecule has 0 spiro atoms. The molecule has 4 rings (SSSR count). The van der Waals surface area contributed by atoms with Crippen LogP contribution in [0.5, 0.6) is 5.75 Å². The number of hydrogen-bond donors (Lipinski definition) is 2. The van der Waals surface area contributed by atoms with Gasteiger partial charge in [-0.15, -0.1) is 0 Å². The molecule has 1 aromatic carbocycles.